The minimum Gasteiger partial charge on any atom is -0.383 e. The molecule has 0 bridgehead atoms. The van der Waals surface area contributed by atoms with Crippen LogP contribution in [0.5, 0.6) is 0 Å². The van der Waals surface area contributed by atoms with E-state index in [9.17, 15) is 9.59 Å². The zero-order valence-corrected chi connectivity index (χ0v) is 17.5. The average Bonchev–Trinajstić information content (AvgIpc) is 3.16. The number of imidazole rings is 1. The summed E-state index contributed by atoms with van der Waals surface area (Å²) in [6, 6.07) is 10.5. The highest BCUT2D eigenvalue weighted by atomic mass is 16.5. The summed E-state index contributed by atoms with van der Waals surface area (Å²) in [6.45, 7) is 5.46. The topological polar surface area (TPSA) is 88.4 Å². The number of H-pyrrole nitrogens is 1. The Balaban J connectivity index is 1.53. The first-order chi connectivity index (χ1) is 14.6. The molecule has 9 heteroatoms. The molecule has 9 nitrogen and oxygen atoms in total. The molecule has 0 saturated carbocycles. The Kier molecular flexibility index (Phi) is 6.01. The van der Waals surface area contributed by atoms with E-state index in [1.807, 2.05) is 10.6 Å². The van der Waals surface area contributed by atoms with E-state index in [1.165, 1.54) is 10.1 Å². The predicted molar refractivity (Wildman–Crippen MR) is 116 cm³/mol. The first-order valence-corrected chi connectivity index (χ1v) is 10.3. The predicted octanol–water partition coefficient (Wildman–Crippen LogP) is 0.434. The van der Waals surface area contributed by atoms with E-state index >= 15 is 0 Å². The molecular weight excluding hydrogens is 384 g/mol. The summed E-state index contributed by atoms with van der Waals surface area (Å²) in [5.41, 5.74) is 1.30. The lowest BCUT2D eigenvalue weighted by Gasteiger charge is -2.35. The number of aryl methyl sites for hydroxylation is 1. The molecule has 1 saturated heterocycles. The minimum absolute atomic E-state index is 0.404. The van der Waals surface area contributed by atoms with E-state index in [2.05, 4.69) is 44.0 Å². The molecule has 1 N–H and O–H groups in total. The van der Waals surface area contributed by atoms with Gasteiger partial charge in [-0.1, -0.05) is 30.3 Å². The molecule has 0 radical (unpaired) electrons. The molecule has 3 heterocycles. The van der Waals surface area contributed by atoms with Gasteiger partial charge in [0.2, 0.25) is 5.95 Å². The van der Waals surface area contributed by atoms with Crippen LogP contribution in [0.4, 0.5) is 5.95 Å². The van der Waals surface area contributed by atoms with Crippen LogP contribution in [-0.2, 0) is 24.8 Å². The highest BCUT2D eigenvalue weighted by Crippen LogP contribution is 2.21. The lowest BCUT2D eigenvalue weighted by molar-refractivity contribution is 0.188. The fraction of sp³-hybridized carbons (Fsp3) is 0.476. The number of aromatic amines is 1. The summed E-state index contributed by atoms with van der Waals surface area (Å²) in [7, 11) is 3.25. The van der Waals surface area contributed by atoms with Crippen molar-refractivity contribution in [1.82, 2.24) is 24.0 Å². The van der Waals surface area contributed by atoms with E-state index in [1.54, 1.807) is 14.2 Å². The van der Waals surface area contributed by atoms with Crippen LogP contribution in [0.25, 0.3) is 11.2 Å². The maximum atomic E-state index is 12.5. The number of rotatable bonds is 7. The number of fused-ring (bicyclic) bond motifs is 1. The number of nitrogens with one attached hydrogen (secondary N) is 1. The first kappa shape index (κ1) is 20.4. The third kappa shape index (κ3) is 4.03. The lowest BCUT2D eigenvalue weighted by atomic mass is 10.1. The molecule has 0 aliphatic carbocycles. The standard InChI is InChI=1S/C21H28N6O3/c1-24-18-17(19(28)23-21(24)29)27(14-15-30-2)20(22-18)26-12-10-25(11-13-26)9-8-16-6-4-3-5-7-16/h3-7H,8-15H2,1-2H3,(H,23,28,29). The van der Waals surface area contributed by atoms with Gasteiger partial charge in [0.15, 0.2) is 11.2 Å². The summed E-state index contributed by atoms with van der Waals surface area (Å²) in [5, 5.41) is 0. The zero-order chi connectivity index (χ0) is 21.1. The van der Waals surface area contributed by atoms with Gasteiger partial charge in [-0.2, -0.15) is 4.98 Å². The van der Waals surface area contributed by atoms with Crippen molar-refractivity contribution < 1.29 is 4.74 Å². The van der Waals surface area contributed by atoms with Gasteiger partial charge >= 0.3 is 5.69 Å². The van der Waals surface area contributed by atoms with Crippen LogP contribution in [0, 0.1) is 0 Å². The van der Waals surface area contributed by atoms with Crippen LogP contribution in [0.15, 0.2) is 39.9 Å². The highest BCUT2D eigenvalue weighted by molar-refractivity contribution is 5.74. The van der Waals surface area contributed by atoms with Crippen molar-refractivity contribution >= 4 is 17.1 Å². The van der Waals surface area contributed by atoms with Crippen LogP contribution in [0.1, 0.15) is 5.56 Å². The fourth-order valence-corrected chi connectivity index (χ4v) is 3.96. The van der Waals surface area contributed by atoms with Crippen molar-refractivity contribution in [2.75, 3.05) is 51.3 Å². The Morgan fingerprint density at radius 3 is 2.50 bits per heavy atom. The third-order valence-corrected chi connectivity index (χ3v) is 5.72. The Morgan fingerprint density at radius 1 is 1.07 bits per heavy atom. The van der Waals surface area contributed by atoms with Crippen LogP contribution < -0.4 is 16.1 Å². The summed E-state index contributed by atoms with van der Waals surface area (Å²) < 4.78 is 8.50. The summed E-state index contributed by atoms with van der Waals surface area (Å²) >= 11 is 0. The molecule has 160 valence electrons. The lowest BCUT2D eigenvalue weighted by Crippen LogP contribution is -2.47. The smallest absolute Gasteiger partial charge is 0.329 e. The number of ether oxygens (including phenoxy) is 1. The van der Waals surface area contributed by atoms with Gasteiger partial charge in [0.25, 0.3) is 5.56 Å². The third-order valence-electron chi connectivity index (χ3n) is 5.72. The van der Waals surface area contributed by atoms with E-state index < -0.39 is 11.2 Å². The maximum absolute atomic E-state index is 12.5. The van der Waals surface area contributed by atoms with Crippen LogP contribution >= 0.6 is 0 Å². The number of anilines is 1. The van der Waals surface area contributed by atoms with Gasteiger partial charge in [-0.05, 0) is 12.0 Å². The largest absolute Gasteiger partial charge is 0.383 e. The Hall–Kier alpha value is -2.91. The van der Waals surface area contributed by atoms with E-state index in [0.29, 0.717) is 24.3 Å². The normalized spacial score (nSPS) is 15.2. The van der Waals surface area contributed by atoms with Gasteiger partial charge in [0.1, 0.15) is 0 Å². The molecule has 3 aromatic rings. The summed E-state index contributed by atoms with van der Waals surface area (Å²) in [5.74, 6) is 0.719. The monoisotopic (exact) mass is 412 g/mol. The summed E-state index contributed by atoms with van der Waals surface area (Å²) in [6.07, 6.45) is 1.03. The quantitative estimate of drug-likeness (QED) is 0.606. The SMILES string of the molecule is COCCn1c(N2CCN(CCc3ccccc3)CC2)nc2c1c(=O)[nH]c(=O)n2C. The van der Waals surface area contributed by atoms with Gasteiger partial charge in [-0.25, -0.2) is 4.79 Å². The molecule has 30 heavy (non-hydrogen) atoms. The Morgan fingerprint density at radius 2 is 1.80 bits per heavy atom. The molecule has 0 atom stereocenters. The Bertz CT molecular complexity index is 1110. The minimum atomic E-state index is -0.457. The number of piperazine rings is 1. The van der Waals surface area contributed by atoms with Gasteiger partial charge in [-0.15, -0.1) is 0 Å². The van der Waals surface area contributed by atoms with Crippen molar-refractivity contribution in [1.29, 1.82) is 0 Å². The van der Waals surface area contributed by atoms with Gasteiger partial charge in [-0.3, -0.25) is 19.2 Å². The molecule has 1 fully saturated rings. The zero-order valence-electron chi connectivity index (χ0n) is 17.5. The molecule has 4 rings (SSSR count). The molecule has 0 spiro atoms. The fourth-order valence-electron chi connectivity index (χ4n) is 3.96. The van der Waals surface area contributed by atoms with Gasteiger partial charge in [0.05, 0.1) is 6.61 Å². The number of benzene rings is 1. The van der Waals surface area contributed by atoms with Crippen molar-refractivity contribution in [3.8, 4) is 0 Å². The molecule has 0 unspecified atom stereocenters. The molecule has 0 amide bonds. The van der Waals surface area contributed by atoms with Crippen molar-refractivity contribution in [2.45, 2.75) is 13.0 Å². The molecule has 1 aliphatic heterocycles. The molecular formula is C21H28N6O3. The van der Waals surface area contributed by atoms with E-state index in [0.717, 1.165) is 45.1 Å². The maximum Gasteiger partial charge on any atom is 0.329 e. The van der Waals surface area contributed by atoms with Crippen LogP contribution in [-0.4, -0.2) is 70.4 Å². The van der Waals surface area contributed by atoms with E-state index in [-0.39, 0.29) is 0 Å². The second kappa shape index (κ2) is 8.85. The molecule has 1 aromatic carbocycles. The number of methoxy groups -OCH3 is 1. The number of hydrogen-bond donors (Lipinski definition) is 1. The van der Waals surface area contributed by atoms with Crippen LogP contribution in [0.2, 0.25) is 0 Å². The number of nitrogens with zero attached hydrogens (tertiary/aromatic N) is 5. The second-order valence-corrected chi connectivity index (χ2v) is 7.61. The van der Waals surface area contributed by atoms with E-state index in [4.69, 9.17) is 4.74 Å². The van der Waals surface area contributed by atoms with Crippen LogP contribution in [0.3, 0.4) is 0 Å². The average molecular weight is 412 g/mol. The molecule has 2 aromatic heterocycles. The second-order valence-electron chi connectivity index (χ2n) is 7.61. The molecule has 1 aliphatic rings. The highest BCUT2D eigenvalue weighted by Gasteiger charge is 2.24. The number of aromatic nitrogens is 4. The van der Waals surface area contributed by atoms with Gasteiger partial charge < -0.3 is 14.2 Å². The van der Waals surface area contributed by atoms with Crippen molar-refractivity contribution in [3.05, 3.63) is 56.7 Å². The van der Waals surface area contributed by atoms with Crippen molar-refractivity contribution in [2.24, 2.45) is 7.05 Å². The number of hydrogen-bond acceptors (Lipinski definition) is 6. The van der Waals surface area contributed by atoms with Gasteiger partial charge in [0, 0.05) is 53.4 Å². The summed E-state index contributed by atoms with van der Waals surface area (Å²) in [4.78, 5) is 36.2. The first-order valence-electron chi connectivity index (χ1n) is 10.3. The van der Waals surface area contributed by atoms with Crippen molar-refractivity contribution in [3.63, 3.8) is 0 Å². The Labute approximate surface area is 174 Å².